The van der Waals surface area contributed by atoms with Gasteiger partial charge in [0.05, 0.1) is 17.3 Å². The highest BCUT2D eigenvalue weighted by Gasteiger charge is 2.44. The first-order chi connectivity index (χ1) is 9.26. The van der Waals surface area contributed by atoms with Gasteiger partial charge in [0.25, 0.3) is 0 Å². The summed E-state index contributed by atoms with van der Waals surface area (Å²) in [6.07, 6.45) is 3.78. The molecule has 6 nitrogen and oxygen atoms in total. The number of carbonyl (C=O) groups excluding carboxylic acids is 1. The summed E-state index contributed by atoms with van der Waals surface area (Å²) in [5.74, 6) is -0.378. The molecule has 0 atom stereocenters. The fourth-order valence-corrected chi connectivity index (χ4v) is 2.69. The Morgan fingerprint density at radius 1 is 1.45 bits per heavy atom. The number of nitrogens with zero attached hydrogens (tertiary/aromatic N) is 1. The topological polar surface area (TPSA) is 74.9 Å². The Balaban J connectivity index is 2.25. The van der Waals surface area contributed by atoms with Gasteiger partial charge in [-0.3, -0.25) is 10.7 Å². The van der Waals surface area contributed by atoms with Gasteiger partial charge in [-0.25, -0.2) is 4.79 Å². The largest absolute Gasteiger partial charge is 0.457 e. The fraction of sp³-hybridized carbons (Fsp3) is 0.500. The third-order valence-electron chi connectivity index (χ3n) is 3.26. The molecule has 1 aromatic heterocycles. The Labute approximate surface area is 117 Å². The minimum absolute atomic E-state index is 0.159. The summed E-state index contributed by atoms with van der Waals surface area (Å²) in [6, 6.07) is 3.19. The predicted molar refractivity (Wildman–Crippen MR) is 71.7 cm³/mol. The van der Waals surface area contributed by atoms with Crippen molar-refractivity contribution in [3.05, 3.63) is 35.9 Å². The molecule has 0 saturated carbocycles. The normalized spacial score (nSPS) is 21.1. The predicted octanol–water partition coefficient (Wildman–Crippen LogP) is 2.48. The highest BCUT2D eigenvalue weighted by atomic mass is 16.7. The first kappa shape index (κ1) is 14.6. The highest BCUT2D eigenvalue weighted by molar-refractivity contribution is 5.86. The van der Waals surface area contributed by atoms with Crippen LogP contribution in [-0.2, 0) is 4.84 Å². The van der Waals surface area contributed by atoms with E-state index in [2.05, 4.69) is 5.48 Å². The Kier molecular flexibility index (Phi) is 3.62. The monoisotopic (exact) mass is 280 g/mol. The average molecular weight is 280 g/mol. The standard InChI is InChI=1S/C14H20N2O4/c1-13(2)8-10(15-18)9-14(3,4)16(13)20-12(17)11-6-5-7-19-11/h5-8,15,18H,9H2,1-4H3. The smallest absolute Gasteiger partial charge is 0.393 e. The van der Waals surface area contributed by atoms with Crippen molar-refractivity contribution >= 4 is 5.97 Å². The second-order valence-corrected chi connectivity index (χ2v) is 6.07. The van der Waals surface area contributed by atoms with Crippen molar-refractivity contribution in [2.45, 2.75) is 45.2 Å². The summed E-state index contributed by atoms with van der Waals surface area (Å²) in [6.45, 7) is 7.68. The summed E-state index contributed by atoms with van der Waals surface area (Å²) < 4.78 is 5.05. The molecule has 1 aliphatic rings. The molecule has 0 radical (unpaired) electrons. The van der Waals surface area contributed by atoms with Gasteiger partial charge in [-0.2, -0.15) is 0 Å². The molecule has 6 heteroatoms. The maximum Gasteiger partial charge on any atom is 0.393 e. The van der Waals surface area contributed by atoms with E-state index in [-0.39, 0.29) is 5.76 Å². The van der Waals surface area contributed by atoms with Gasteiger partial charge in [0.15, 0.2) is 0 Å². The molecule has 0 fully saturated rings. The van der Waals surface area contributed by atoms with E-state index in [1.807, 2.05) is 33.8 Å². The fourth-order valence-electron chi connectivity index (χ4n) is 2.69. The molecule has 2 heterocycles. The summed E-state index contributed by atoms with van der Waals surface area (Å²) >= 11 is 0. The number of carbonyl (C=O) groups is 1. The van der Waals surface area contributed by atoms with Gasteiger partial charge in [0, 0.05) is 12.1 Å². The third kappa shape index (κ3) is 2.71. The quantitative estimate of drug-likeness (QED) is 0.828. The van der Waals surface area contributed by atoms with E-state index in [9.17, 15) is 4.79 Å². The number of furan rings is 1. The van der Waals surface area contributed by atoms with E-state index in [1.54, 1.807) is 17.2 Å². The zero-order valence-corrected chi connectivity index (χ0v) is 12.1. The SMILES string of the molecule is CC1(C)C=C(NO)CC(C)(C)N1OC(=O)c1ccco1. The van der Waals surface area contributed by atoms with E-state index in [1.165, 1.54) is 6.26 Å². The van der Waals surface area contributed by atoms with Crippen LogP contribution >= 0.6 is 0 Å². The molecule has 20 heavy (non-hydrogen) atoms. The summed E-state index contributed by atoms with van der Waals surface area (Å²) in [7, 11) is 0. The van der Waals surface area contributed by atoms with E-state index in [4.69, 9.17) is 14.5 Å². The maximum atomic E-state index is 12.1. The molecule has 2 rings (SSSR count). The van der Waals surface area contributed by atoms with Gasteiger partial charge < -0.3 is 9.25 Å². The zero-order chi connectivity index (χ0) is 15.0. The molecule has 1 aliphatic heterocycles. The first-order valence-corrected chi connectivity index (χ1v) is 6.44. The molecule has 0 amide bonds. The van der Waals surface area contributed by atoms with Gasteiger partial charge in [0.1, 0.15) is 0 Å². The lowest BCUT2D eigenvalue weighted by molar-refractivity contribution is -0.217. The van der Waals surface area contributed by atoms with Gasteiger partial charge >= 0.3 is 5.97 Å². The van der Waals surface area contributed by atoms with Gasteiger partial charge in [-0.15, -0.1) is 5.06 Å². The number of hydrogen-bond donors (Lipinski definition) is 2. The molecule has 0 aromatic carbocycles. The second kappa shape index (κ2) is 4.96. The first-order valence-electron chi connectivity index (χ1n) is 6.44. The minimum atomic E-state index is -0.560. The van der Waals surface area contributed by atoms with Crippen LogP contribution < -0.4 is 5.48 Å². The van der Waals surface area contributed by atoms with Crippen LogP contribution in [0, 0.1) is 0 Å². The van der Waals surface area contributed by atoms with Gasteiger partial charge in [0.2, 0.25) is 5.76 Å². The van der Waals surface area contributed by atoms with Crippen LogP contribution in [-0.4, -0.2) is 27.3 Å². The number of nitrogens with one attached hydrogen (secondary N) is 1. The van der Waals surface area contributed by atoms with Crippen LogP contribution in [0.1, 0.15) is 44.7 Å². The Morgan fingerprint density at radius 2 is 2.15 bits per heavy atom. The molecule has 0 unspecified atom stereocenters. The van der Waals surface area contributed by atoms with Crippen molar-refractivity contribution in [2.24, 2.45) is 0 Å². The lowest BCUT2D eigenvalue weighted by Gasteiger charge is -2.48. The Morgan fingerprint density at radius 3 is 2.65 bits per heavy atom. The number of rotatable bonds is 3. The molecule has 110 valence electrons. The van der Waals surface area contributed by atoms with Crippen LogP contribution in [0.5, 0.6) is 0 Å². The van der Waals surface area contributed by atoms with Crippen molar-refractivity contribution < 1.29 is 19.3 Å². The van der Waals surface area contributed by atoms with E-state index >= 15 is 0 Å². The average Bonchev–Trinajstić information content (AvgIpc) is 2.86. The lowest BCUT2D eigenvalue weighted by Crippen LogP contribution is -2.58. The number of hydrogen-bond acceptors (Lipinski definition) is 6. The highest BCUT2D eigenvalue weighted by Crippen LogP contribution is 2.36. The van der Waals surface area contributed by atoms with Crippen molar-refractivity contribution in [1.82, 2.24) is 10.5 Å². The van der Waals surface area contributed by atoms with Crippen LogP contribution in [0.2, 0.25) is 0 Å². The molecule has 1 aromatic rings. The third-order valence-corrected chi connectivity index (χ3v) is 3.26. The van der Waals surface area contributed by atoms with Crippen molar-refractivity contribution in [1.29, 1.82) is 0 Å². The molecule has 0 aliphatic carbocycles. The van der Waals surface area contributed by atoms with Crippen LogP contribution in [0.4, 0.5) is 0 Å². The van der Waals surface area contributed by atoms with E-state index in [0.29, 0.717) is 12.1 Å². The lowest BCUT2D eigenvalue weighted by atomic mass is 9.86. The minimum Gasteiger partial charge on any atom is -0.457 e. The second-order valence-electron chi connectivity index (χ2n) is 6.07. The molecular weight excluding hydrogens is 260 g/mol. The molecule has 0 bridgehead atoms. The van der Waals surface area contributed by atoms with Crippen LogP contribution in [0.15, 0.2) is 34.6 Å². The maximum absolute atomic E-state index is 12.1. The molecular formula is C14H20N2O4. The summed E-state index contributed by atoms with van der Waals surface area (Å²) in [4.78, 5) is 17.6. The van der Waals surface area contributed by atoms with Crippen LogP contribution in [0.25, 0.3) is 0 Å². The molecule has 2 N–H and O–H groups in total. The van der Waals surface area contributed by atoms with E-state index < -0.39 is 17.0 Å². The number of hydroxylamine groups is 3. The Hall–Kier alpha value is -1.79. The summed E-state index contributed by atoms with van der Waals surface area (Å²) in [5.41, 5.74) is 1.86. The van der Waals surface area contributed by atoms with Gasteiger partial charge in [-0.05, 0) is 45.9 Å². The van der Waals surface area contributed by atoms with E-state index in [0.717, 1.165) is 0 Å². The van der Waals surface area contributed by atoms with Crippen molar-refractivity contribution in [2.75, 3.05) is 0 Å². The molecule has 0 saturated heterocycles. The van der Waals surface area contributed by atoms with Crippen molar-refractivity contribution in [3.8, 4) is 0 Å². The Bertz CT molecular complexity index is 517. The van der Waals surface area contributed by atoms with Crippen molar-refractivity contribution in [3.63, 3.8) is 0 Å². The van der Waals surface area contributed by atoms with Crippen LogP contribution in [0.3, 0.4) is 0 Å². The zero-order valence-electron chi connectivity index (χ0n) is 12.1. The van der Waals surface area contributed by atoms with Gasteiger partial charge in [-0.1, -0.05) is 0 Å². The molecule has 0 spiro atoms. The summed E-state index contributed by atoms with van der Waals surface area (Å²) in [5, 5.41) is 10.7.